The molecule has 3 aromatic heterocycles. The fourth-order valence-corrected chi connectivity index (χ4v) is 3.95. The third-order valence-electron chi connectivity index (χ3n) is 4.64. The predicted octanol–water partition coefficient (Wildman–Crippen LogP) is 3.93. The lowest BCUT2D eigenvalue weighted by atomic mass is 10.1. The summed E-state index contributed by atoms with van der Waals surface area (Å²) in [5, 5.41) is 17.6. The van der Waals surface area contributed by atoms with Crippen LogP contribution in [0.15, 0.2) is 84.6 Å². The lowest BCUT2D eigenvalue weighted by Gasteiger charge is -2.06. The molecule has 152 valence electrons. The van der Waals surface area contributed by atoms with Crippen molar-refractivity contribution in [3.8, 4) is 22.6 Å². The summed E-state index contributed by atoms with van der Waals surface area (Å²) in [5.41, 5.74) is 4.04. The third kappa shape index (κ3) is 3.86. The van der Waals surface area contributed by atoms with Gasteiger partial charge in [-0.1, -0.05) is 48.5 Å². The van der Waals surface area contributed by atoms with Gasteiger partial charge in [-0.25, -0.2) is 9.48 Å². The van der Waals surface area contributed by atoms with Crippen LogP contribution in [0.2, 0.25) is 0 Å². The Labute approximate surface area is 181 Å². The number of benzene rings is 2. The van der Waals surface area contributed by atoms with Crippen molar-refractivity contribution in [2.45, 2.75) is 6.61 Å². The zero-order valence-electron chi connectivity index (χ0n) is 16.2. The Hall–Kier alpha value is -4.11. The normalized spacial score (nSPS) is 10.8. The molecule has 0 fully saturated rings. The Kier molecular flexibility index (Phi) is 5.07. The van der Waals surface area contributed by atoms with Gasteiger partial charge < -0.3 is 4.74 Å². The molecular formula is C22H16N6O2S. The quantitative estimate of drug-likeness (QED) is 0.381. The maximum absolute atomic E-state index is 12.8. The number of hydrogen-bond donors (Lipinski definition) is 0. The molecule has 0 N–H and O–H groups in total. The average molecular weight is 428 g/mol. The number of carbonyl (C=O) groups excluding carboxylic acids is 1. The largest absolute Gasteiger partial charge is 0.456 e. The maximum Gasteiger partial charge on any atom is 0.350 e. The first kappa shape index (κ1) is 18.9. The summed E-state index contributed by atoms with van der Waals surface area (Å²) in [6, 6.07) is 21.4. The standard InChI is InChI=1S/C22H16N6O2S/c29-22(21-19(11-12-31-21)28-15-23-25-26-28)30-14-17-13-27(18-9-5-2-6-10-18)24-20(17)16-7-3-1-4-8-16/h1-13,15H,14H2. The van der Waals surface area contributed by atoms with Crippen LogP contribution in [0.4, 0.5) is 0 Å². The van der Waals surface area contributed by atoms with Gasteiger partial charge >= 0.3 is 5.97 Å². The third-order valence-corrected chi connectivity index (χ3v) is 5.53. The van der Waals surface area contributed by atoms with Gasteiger partial charge in [-0.05, 0) is 34.0 Å². The second-order valence-corrected chi connectivity index (χ2v) is 7.53. The van der Waals surface area contributed by atoms with E-state index in [1.54, 1.807) is 16.1 Å². The van der Waals surface area contributed by atoms with Crippen LogP contribution in [0.1, 0.15) is 15.2 Å². The van der Waals surface area contributed by atoms with Crippen molar-refractivity contribution < 1.29 is 9.53 Å². The van der Waals surface area contributed by atoms with Crippen molar-refractivity contribution in [3.63, 3.8) is 0 Å². The molecule has 0 aliphatic carbocycles. The lowest BCUT2D eigenvalue weighted by Crippen LogP contribution is -2.07. The summed E-state index contributed by atoms with van der Waals surface area (Å²) in [5.74, 6) is -0.438. The molecule has 9 heteroatoms. The number of aromatic nitrogens is 6. The molecule has 0 aliphatic heterocycles. The van der Waals surface area contributed by atoms with E-state index in [0.717, 1.165) is 22.5 Å². The molecule has 3 heterocycles. The Balaban J connectivity index is 1.43. The van der Waals surface area contributed by atoms with E-state index >= 15 is 0 Å². The van der Waals surface area contributed by atoms with Crippen molar-refractivity contribution in [3.05, 3.63) is 95.1 Å². The van der Waals surface area contributed by atoms with Gasteiger partial charge in [-0.15, -0.1) is 16.4 Å². The first-order valence-corrected chi connectivity index (χ1v) is 10.3. The molecule has 0 amide bonds. The average Bonchev–Trinajstić information content (AvgIpc) is 3.59. The molecule has 0 radical (unpaired) electrons. The number of thiophene rings is 1. The van der Waals surface area contributed by atoms with Gasteiger partial charge in [0, 0.05) is 17.3 Å². The second kappa shape index (κ2) is 8.33. The highest BCUT2D eigenvalue weighted by Gasteiger charge is 2.19. The molecular weight excluding hydrogens is 412 g/mol. The Morgan fingerprint density at radius 2 is 1.74 bits per heavy atom. The minimum atomic E-state index is -0.438. The van der Waals surface area contributed by atoms with Crippen LogP contribution < -0.4 is 0 Å². The van der Waals surface area contributed by atoms with E-state index in [1.165, 1.54) is 22.3 Å². The topological polar surface area (TPSA) is 87.7 Å². The van der Waals surface area contributed by atoms with Crippen LogP contribution >= 0.6 is 11.3 Å². The van der Waals surface area contributed by atoms with Gasteiger partial charge in [0.25, 0.3) is 0 Å². The van der Waals surface area contributed by atoms with Gasteiger partial charge in [0.15, 0.2) is 0 Å². The Morgan fingerprint density at radius 3 is 2.48 bits per heavy atom. The highest BCUT2D eigenvalue weighted by Crippen LogP contribution is 2.26. The Morgan fingerprint density at radius 1 is 0.968 bits per heavy atom. The predicted molar refractivity (Wildman–Crippen MR) is 115 cm³/mol. The molecule has 0 spiro atoms. The monoisotopic (exact) mass is 428 g/mol. The fraction of sp³-hybridized carbons (Fsp3) is 0.0455. The molecule has 2 aromatic carbocycles. The minimum absolute atomic E-state index is 0.0862. The maximum atomic E-state index is 12.8. The van der Waals surface area contributed by atoms with Crippen LogP contribution in [-0.2, 0) is 11.3 Å². The SMILES string of the molecule is O=C(OCc1cn(-c2ccccc2)nc1-c1ccccc1)c1sccc1-n1cnnn1. The zero-order chi connectivity index (χ0) is 21.0. The zero-order valence-corrected chi connectivity index (χ0v) is 17.0. The van der Waals surface area contributed by atoms with E-state index in [4.69, 9.17) is 9.84 Å². The first-order chi connectivity index (χ1) is 15.3. The molecule has 31 heavy (non-hydrogen) atoms. The van der Waals surface area contributed by atoms with E-state index in [0.29, 0.717) is 10.6 Å². The summed E-state index contributed by atoms with van der Waals surface area (Å²) in [4.78, 5) is 13.2. The fourth-order valence-electron chi connectivity index (χ4n) is 3.18. The van der Waals surface area contributed by atoms with E-state index in [1.807, 2.05) is 66.9 Å². The smallest absolute Gasteiger partial charge is 0.350 e. The number of hydrogen-bond acceptors (Lipinski definition) is 7. The molecule has 8 nitrogen and oxygen atoms in total. The number of rotatable bonds is 6. The lowest BCUT2D eigenvalue weighted by molar-refractivity contribution is 0.0479. The van der Waals surface area contributed by atoms with Crippen molar-refractivity contribution >= 4 is 17.3 Å². The molecule has 0 bridgehead atoms. The summed E-state index contributed by atoms with van der Waals surface area (Å²) in [6.45, 7) is 0.0862. The van der Waals surface area contributed by atoms with Gasteiger partial charge in [0.2, 0.25) is 0 Å². The highest BCUT2D eigenvalue weighted by molar-refractivity contribution is 7.12. The molecule has 5 aromatic rings. The number of ether oxygens (including phenoxy) is 1. The van der Waals surface area contributed by atoms with Crippen molar-refractivity contribution in [2.24, 2.45) is 0 Å². The van der Waals surface area contributed by atoms with Crippen molar-refractivity contribution in [1.29, 1.82) is 0 Å². The van der Waals surface area contributed by atoms with Gasteiger partial charge in [0.05, 0.1) is 17.1 Å². The van der Waals surface area contributed by atoms with Crippen LogP contribution in [0.3, 0.4) is 0 Å². The molecule has 0 saturated carbocycles. The van der Waals surface area contributed by atoms with E-state index in [2.05, 4.69) is 15.5 Å². The van der Waals surface area contributed by atoms with Gasteiger partial charge in [-0.3, -0.25) is 0 Å². The summed E-state index contributed by atoms with van der Waals surface area (Å²) in [6.07, 6.45) is 3.33. The van der Waals surface area contributed by atoms with E-state index in [-0.39, 0.29) is 6.61 Å². The molecule has 0 saturated heterocycles. The van der Waals surface area contributed by atoms with Crippen LogP contribution in [0.25, 0.3) is 22.6 Å². The second-order valence-electron chi connectivity index (χ2n) is 6.61. The molecule has 0 atom stereocenters. The minimum Gasteiger partial charge on any atom is -0.456 e. The number of carbonyl (C=O) groups is 1. The van der Waals surface area contributed by atoms with Gasteiger partial charge in [0.1, 0.15) is 17.8 Å². The first-order valence-electron chi connectivity index (χ1n) is 9.47. The number of esters is 1. The summed E-state index contributed by atoms with van der Waals surface area (Å²) in [7, 11) is 0. The van der Waals surface area contributed by atoms with Gasteiger partial charge in [-0.2, -0.15) is 9.78 Å². The number of nitrogens with zero attached hydrogens (tertiary/aromatic N) is 6. The molecule has 5 rings (SSSR count). The number of para-hydroxylation sites is 1. The van der Waals surface area contributed by atoms with Crippen molar-refractivity contribution in [1.82, 2.24) is 30.0 Å². The summed E-state index contributed by atoms with van der Waals surface area (Å²) < 4.78 is 8.89. The van der Waals surface area contributed by atoms with E-state index in [9.17, 15) is 4.79 Å². The van der Waals surface area contributed by atoms with Crippen LogP contribution in [0.5, 0.6) is 0 Å². The summed E-state index contributed by atoms with van der Waals surface area (Å²) >= 11 is 1.28. The van der Waals surface area contributed by atoms with E-state index < -0.39 is 5.97 Å². The van der Waals surface area contributed by atoms with Crippen molar-refractivity contribution in [2.75, 3.05) is 0 Å². The molecule has 0 aliphatic rings. The molecule has 0 unspecified atom stereocenters. The number of tetrazole rings is 1. The van der Waals surface area contributed by atoms with Crippen LogP contribution in [0, 0.1) is 0 Å². The Bertz CT molecular complexity index is 1300. The highest BCUT2D eigenvalue weighted by atomic mass is 32.1. The van der Waals surface area contributed by atoms with Crippen LogP contribution in [-0.4, -0.2) is 36.0 Å².